The number of nitrogens with one attached hydrogen (secondary N) is 2. The van der Waals surface area contributed by atoms with Crippen molar-refractivity contribution in [3.63, 3.8) is 0 Å². The van der Waals surface area contributed by atoms with E-state index in [1.165, 1.54) is 6.07 Å². The summed E-state index contributed by atoms with van der Waals surface area (Å²) in [5, 5.41) is 6.02. The van der Waals surface area contributed by atoms with Crippen LogP contribution in [0.3, 0.4) is 0 Å². The van der Waals surface area contributed by atoms with E-state index < -0.39 is 5.97 Å². The number of ether oxygens (including phenoxy) is 4. The number of halogens is 1. The molecule has 1 aliphatic rings. The number of fused-ring (bicyclic) bond motifs is 2. The first-order valence-corrected chi connectivity index (χ1v) is 13.2. The van der Waals surface area contributed by atoms with Gasteiger partial charge in [-0.25, -0.2) is 4.79 Å². The molecule has 0 spiro atoms. The van der Waals surface area contributed by atoms with E-state index in [2.05, 4.69) is 10.6 Å². The predicted molar refractivity (Wildman–Crippen MR) is 150 cm³/mol. The summed E-state index contributed by atoms with van der Waals surface area (Å²) in [6.07, 6.45) is 0. The molecule has 0 bridgehead atoms. The average molecular weight is 568 g/mol. The van der Waals surface area contributed by atoms with E-state index in [-0.39, 0.29) is 44.7 Å². The minimum Gasteiger partial charge on any atom is -0.487 e. The van der Waals surface area contributed by atoms with Crippen molar-refractivity contribution in [2.45, 2.75) is 6.92 Å². The summed E-state index contributed by atoms with van der Waals surface area (Å²) in [7, 11) is 0. The van der Waals surface area contributed by atoms with Gasteiger partial charge in [-0.05, 0) is 55.5 Å². The van der Waals surface area contributed by atoms with Gasteiger partial charge in [0.2, 0.25) is 11.8 Å². The SMILES string of the molecule is CCOC(=O)c1cccc(NC(=O)CN2CCOCCOc3ccccc3Oc3ccc(Cl)cc3NC(=O)C2)c1. The highest BCUT2D eigenvalue weighted by Gasteiger charge is 2.18. The minimum absolute atomic E-state index is 0.0960. The van der Waals surface area contributed by atoms with Crippen molar-refractivity contribution in [2.24, 2.45) is 0 Å². The summed E-state index contributed by atoms with van der Waals surface area (Å²) in [6, 6.07) is 18.6. The van der Waals surface area contributed by atoms with Crippen LogP contribution >= 0.6 is 11.6 Å². The van der Waals surface area contributed by atoms with Crippen molar-refractivity contribution in [3.8, 4) is 17.2 Å². The molecule has 0 fully saturated rings. The van der Waals surface area contributed by atoms with Gasteiger partial charge >= 0.3 is 5.97 Å². The van der Waals surface area contributed by atoms with E-state index in [0.29, 0.717) is 52.4 Å². The van der Waals surface area contributed by atoms with E-state index in [9.17, 15) is 14.4 Å². The number of esters is 1. The quantitative estimate of drug-likeness (QED) is 0.430. The van der Waals surface area contributed by atoms with Crippen molar-refractivity contribution < 1.29 is 33.3 Å². The first kappa shape index (κ1) is 28.9. The van der Waals surface area contributed by atoms with Crippen molar-refractivity contribution in [1.82, 2.24) is 4.90 Å². The first-order chi connectivity index (χ1) is 19.4. The normalized spacial score (nSPS) is 14.6. The fourth-order valence-electron chi connectivity index (χ4n) is 3.92. The molecule has 0 aliphatic carbocycles. The monoisotopic (exact) mass is 567 g/mol. The molecule has 3 aromatic carbocycles. The van der Waals surface area contributed by atoms with Gasteiger partial charge in [0.25, 0.3) is 0 Å². The molecule has 2 N–H and O–H groups in total. The van der Waals surface area contributed by atoms with Gasteiger partial charge in [-0.3, -0.25) is 14.5 Å². The topological polar surface area (TPSA) is 115 Å². The molecule has 0 saturated heterocycles. The summed E-state index contributed by atoms with van der Waals surface area (Å²) in [5.74, 6) is 0.167. The maximum absolute atomic E-state index is 13.1. The Labute approximate surface area is 237 Å². The van der Waals surface area contributed by atoms with Crippen LogP contribution in [0.4, 0.5) is 11.4 Å². The maximum atomic E-state index is 13.1. The van der Waals surface area contributed by atoms with Gasteiger partial charge in [-0.2, -0.15) is 0 Å². The highest BCUT2D eigenvalue weighted by molar-refractivity contribution is 6.31. The van der Waals surface area contributed by atoms with Crippen molar-refractivity contribution in [3.05, 3.63) is 77.3 Å². The number of hydrogen-bond acceptors (Lipinski definition) is 8. The molecule has 210 valence electrons. The van der Waals surface area contributed by atoms with Crippen LogP contribution in [0.2, 0.25) is 5.02 Å². The molecule has 0 radical (unpaired) electrons. The van der Waals surface area contributed by atoms with Gasteiger partial charge in [0.1, 0.15) is 6.61 Å². The van der Waals surface area contributed by atoms with E-state index in [0.717, 1.165) is 0 Å². The first-order valence-electron chi connectivity index (χ1n) is 12.8. The van der Waals surface area contributed by atoms with E-state index in [1.54, 1.807) is 60.4 Å². The van der Waals surface area contributed by atoms with E-state index >= 15 is 0 Å². The Hall–Kier alpha value is -4.12. The fraction of sp³-hybridized carbons (Fsp3) is 0.276. The van der Waals surface area contributed by atoms with Crippen LogP contribution in [-0.2, 0) is 19.1 Å². The van der Waals surface area contributed by atoms with Gasteiger partial charge in [0.15, 0.2) is 17.2 Å². The zero-order valence-corrected chi connectivity index (χ0v) is 22.7. The van der Waals surface area contributed by atoms with Crippen molar-refractivity contribution in [2.75, 3.05) is 56.7 Å². The largest absolute Gasteiger partial charge is 0.487 e. The third kappa shape index (κ3) is 8.44. The van der Waals surface area contributed by atoms with Crippen LogP contribution in [0.25, 0.3) is 0 Å². The number of para-hydroxylation sites is 2. The maximum Gasteiger partial charge on any atom is 0.338 e. The van der Waals surface area contributed by atoms with E-state index in [4.69, 9.17) is 30.5 Å². The summed E-state index contributed by atoms with van der Waals surface area (Å²) in [4.78, 5) is 39.6. The Kier molecular flexibility index (Phi) is 10.3. The zero-order chi connectivity index (χ0) is 28.3. The lowest BCUT2D eigenvalue weighted by Crippen LogP contribution is -2.40. The molecule has 3 aromatic rings. The summed E-state index contributed by atoms with van der Waals surface area (Å²) in [5.41, 5.74) is 1.14. The average Bonchev–Trinajstić information content (AvgIpc) is 2.93. The Morgan fingerprint density at radius 1 is 1.00 bits per heavy atom. The molecule has 4 rings (SSSR count). The predicted octanol–water partition coefficient (Wildman–Crippen LogP) is 4.60. The number of benzene rings is 3. The molecule has 0 aromatic heterocycles. The Morgan fingerprint density at radius 3 is 2.65 bits per heavy atom. The number of amides is 2. The smallest absolute Gasteiger partial charge is 0.338 e. The second-order valence-corrected chi connectivity index (χ2v) is 9.19. The number of carbonyl (C=O) groups excluding carboxylic acids is 3. The lowest BCUT2D eigenvalue weighted by molar-refractivity contribution is -0.120. The lowest BCUT2D eigenvalue weighted by atomic mass is 10.2. The molecule has 10 nitrogen and oxygen atoms in total. The number of rotatable bonds is 5. The number of carbonyl (C=O) groups is 3. The minimum atomic E-state index is -0.477. The molecule has 2 amide bonds. The standard InChI is InChI=1S/C29H30ClN3O7/c1-2-38-29(36)20-6-5-7-22(16-20)31-27(34)18-33-12-13-37-14-15-39-25-8-3-4-9-26(25)40-24-11-10-21(30)17-23(24)32-28(35)19-33/h3-11,16-17H,2,12-15,18-19H2,1H3,(H,31,34)(H,32,35). The Bertz CT molecular complexity index is 1350. The Morgan fingerprint density at radius 2 is 1.82 bits per heavy atom. The van der Waals surface area contributed by atoms with Crippen LogP contribution in [0.15, 0.2) is 66.7 Å². The molecule has 0 atom stereocenters. The summed E-state index contributed by atoms with van der Waals surface area (Å²) in [6.45, 7) is 2.92. The van der Waals surface area contributed by atoms with Crippen LogP contribution in [0.1, 0.15) is 17.3 Å². The molecule has 0 saturated carbocycles. The van der Waals surface area contributed by atoms with Gasteiger partial charge in [0, 0.05) is 17.3 Å². The molecular formula is C29H30ClN3O7. The van der Waals surface area contributed by atoms with Gasteiger partial charge in [-0.1, -0.05) is 29.8 Å². The summed E-state index contributed by atoms with van der Waals surface area (Å²) < 4.78 is 22.6. The molecule has 0 unspecified atom stereocenters. The van der Waals surface area contributed by atoms with Crippen LogP contribution in [-0.4, -0.2) is 68.7 Å². The number of anilines is 2. The number of hydrogen-bond donors (Lipinski definition) is 2. The van der Waals surface area contributed by atoms with E-state index in [1.807, 2.05) is 12.1 Å². The van der Waals surface area contributed by atoms with Crippen LogP contribution in [0.5, 0.6) is 17.2 Å². The van der Waals surface area contributed by atoms with Crippen LogP contribution in [0, 0.1) is 0 Å². The highest BCUT2D eigenvalue weighted by atomic mass is 35.5. The third-order valence-electron chi connectivity index (χ3n) is 5.71. The number of nitrogens with zero attached hydrogens (tertiary/aromatic N) is 1. The molecule has 1 aliphatic heterocycles. The van der Waals surface area contributed by atoms with Gasteiger partial charge in [0.05, 0.1) is 44.2 Å². The molecule has 40 heavy (non-hydrogen) atoms. The second-order valence-electron chi connectivity index (χ2n) is 8.76. The summed E-state index contributed by atoms with van der Waals surface area (Å²) >= 11 is 6.20. The van der Waals surface area contributed by atoms with Crippen molar-refractivity contribution >= 4 is 40.8 Å². The molecule has 1 heterocycles. The van der Waals surface area contributed by atoms with Gasteiger partial charge < -0.3 is 29.6 Å². The second kappa shape index (κ2) is 14.3. The third-order valence-corrected chi connectivity index (χ3v) is 5.95. The Balaban J connectivity index is 1.47. The molecular weight excluding hydrogens is 538 g/mol. The van der Waals surface area contributed by atoms with Crippen LogP contribution < -0.4 is 20.1 Å². The highest BCUT2D eigenvalue weighted by Crippen LogP contribution is 2.36. The lowest BCUT2D eigenvalue weighted by Gasteiger charge is -2.21. The zero-order valence-electron chi connectivity index (χ0n) is 22.0. The molecule has 11 heteroatoms. The van der Waals surface area contributed by atoms with Gasteiger partial charge in [-0.15, -0.1) is 0 Å². The fourth-order valence-corrected chi connectivity index (χ4v) is 4.09. The van der Waals surface area contributed by atoms with Crippen molar-refractivity contribution in [1.29, 1.82) is 0 Å².